The fourth-order valence-electron chi connectivity index (χ4n) is 6.04. The van der Waals surface area contributed by atoms with Gasteiger partial charge in [-0.1, -0.05) is 51.2 Å². The molecule has 2 heteroatoms. The maximum Gasteiger partial charge on any atom is 0.309 e. The predicted molar refractivity (Wildman–Crippen MR) is 112 cm³/mol. The minimum Gasteiger partial charge on any atom is -0.462 e. The van der Waals surface area contributed by atoms with Gasteiger partial charge in [0.1, 0.15) is 6.10 Å². The molecule has 0 aromatic carbocycles. The van der Waals surface area contributed by atoms with Crippen molar-refractivity contribution < 1.29 is 9.53 Å². The van der Waals surface area contributed by atoms with Crippen molar-refractivity contribution in [2.45, 2.75) is 110 Å². The van der Waals surface area contributed by atoms with Crippen LogP contribution < -0.4 is 0 Å². The molecule has 2 nitrogen and oxygen atoms in total. The van der Waals surface area contributed by atoms with Crippen LogP contribution in [0.3, 0.4) is 0 Å². The van der Waals surface area contributed by atoms with Crippen molar-refractivity contribution in [3.05, 3.63) is 12.2 Å². The number of carbonyl (C=O) groups excluding carboxylic acids is 1. The Morgan fingerprint density at radius 1 is 0.852 bits per heavy atom. The second-order valence-electron chi connectivity index (χ2n) is 9.70. The second-order valence-corrected chi connectivity index (χ2v) is 9.70. The Morgan fingerprint density at radius 3 is 2.04 bits per heavy atom. The Labute approximate surface area is 167 Å². The van der Waals surface area contributed by atoms with Crippen molar-refractivity contribution in [3.8, 4) is 0 Å². The highest BCUT2D eigenvalue weighted by molar-refractivity contribution is 5.73. The van der Waals surface area contributed by atoms with Crippen LogP contribution in [0.1, 0.15) is 104 Å². The van der Waals surface area contributed by atoms with Crippen LogP contribution in [0, 0.1) is 29.6 Å². The first-order valence-electron chi connectivity index (χ1n) is 12.0. The molecule has 27 heavy (non-hydrogen) atoms. The molecule has 0 amide bonds. The van der Waals surface area contributed by atoms with Crippen LogP contribution in [0.15, 0.2) is 12.2 Å². The van der Waals surface area contributed by atoms with E-state index in [4.69, 9.17) is 4.74 Å². The lowest BCUT2D eigenvalue weighted by molar-refractivity contribution is -0.164. The molecule has 0 aromatic rings. The van der Waals surface area contributed by atoms with Gasteiger partial charge >= 0.3 is 5.97 Å². The van der Waals surface area contributed by atoms with Gasteiger partial charge in [0.15, 0.2) is 0 Å². The normalized spacial score (nSPS) is 38.1. The molecule has 0 N–H and O–H groups in total. The Hall–Kier alpha value is -0.790. The molecule has 1 heterocycles. The number of esters is 1. The average molecular weight is 375 g/mol. The molecular formula is C25H42O2. The van der Waals surface area contributed by atoms with Gasteiger partial charge in [0.25, 0.3) is 0 Å². The largest absolute Gasteiger partial charge is 0.462 e. The van der Waals surface area contributed by atoms with Gasteiger partial charge in [-0.3, -0.25) is 4.79 Å². The third kappa shape index (κ3) is 6.09. The third-order valence-corrected chi connectivity index (χ3v) is 7.80. The van der Waals surface area contributed by atoms with Crippen molar-refractivity contribution in [1.82, 2.24) is 0 Å². The number of hydrogen-bond donors (Lipinski definition) is 0. The Balaban J connectivity index is 1.33. The van der Waals surface area contributed by atoms with Crippen molar-refractivity contribution >= 4 is 5.97 Å². The molecule has 154 valence electrons. The van der Waals surface area contributed by atoms with E-state index in [1.807, 2.05) is 0 Å². The monoisotopic (exact) mass is 374 g/mol. The van der Waals surface area contributed by atoms with Gasteiger partial charge in [0.2, 0.25) is 0 Å². The van der Waals surface area contributed by atoms with E-state index in [0.29, 0.717) is 5.92 Å². The van der Waals surface area contributed by atoms with E-state index in [-0.39, 0.29) is 18.0 Å². The van der Waals surface area contributed by atoms with Gasteiger partial charge in [0, 0.05) is 0 Å². The number of allylic oxidation sites excluding steroid dienone is 2. The van der Waals surface area contributed by atoms with Crippen molar-refractivity contribution in [1.29, 1.82) is 0 Å². The summed E-state index contributed by atoms with van der Waals surface area (Å²) in [6.45, 7) is 4.33. The average Bonchev–Trinajstić information content (AvgIpc) is 2.69. The standard InChI is InChI=1S/C25H42O2/c1-3-5-19-7-9-20(10-8-19)11-12-21-13-15-22(16-14-21)24-18-17-23(6-4-2)27-25(24)26/h3,5,19-24H,4,6-18H2,1-2H3. The molecule has 0 bridgehead atoms. The summed E-state index contributed by atoms with van der Waals surface area (Å²) in [5.41, 5.74) is 0. The maximum atomic E-state index is 12.4. The zero-order valence-electron chi connectivity index (χ0n) is 17.8. The number of rotatable bonds is 7. The van der Waals surface area contributed by atoms with E-state index in [0.717, 1.165) is 43.4 Å². The molecule has 1 aliphatic heterocycles. The summed E-state index contributed by atoms with van der Waals surface area (Å²) in [7, 11) is 0. The summed E-state index contributed by atoms with van der Waals surface area (Å²) in [6.07, 6.45) is 23.0. The van der Waals surface area contributed by atoms with Crippen LogP contribution in [-0.4, -0.2) is 12.1 Å². The summed E-state index contributed by atoms with van der Waals surface area (Å²) in [5.74, 6) is 3.69. The van der Waals surface area contributed by atoms with Gasteiger partial charge < -0.3 is 4.74 Å². The van der Waals surface area contributed by atoms with E-state index >= 15 is 0 Å². The summed E-state index contributed by atoms with van der Waals surface area (Å²) in [6, 6.07) is 0. The van der Waals surface area contributed by atoms with Crippen LogP contribution in [0.5, 0.6) is 0 Å². The zero-order valence-corrected chi connectivity index (χ0v) is 17.8. The van der Waals surface area contributed by atoms with Gasteiger partial charge in [-0.15, -0.1) is 0 Å². The number of hydrogen-bond acceptors (Lipinski definition) is 2. The van der Waals surface area contributed by atoms with Crippen LogP contribution in [-0.2, 0) is 9.53 Å². The molecule has 1 saturated heterocycles. The number of carbonyl (C=O) groups is 1. The van der Waals surface area contributed by atoms with E-state index < -0.39 is 0 Å². The highest BCUT2D eigenvalue weighted by atomic mass is 16.5. The SMILES string of the molecule is CC=CC1CCC(CCC2CCC(C3CCC(CCC)OC3=O)CC2)CC1. The molecule has 0 spiro atoms. The molecule has 2 saturated carbocycles. The molecule has 2 atom stereocenters. The lowest BCUT2D eigenvalue weighted by Crippen LogP contribution is -2.36. The Kier molecular flexibility index (Phi) is 8.27. The second kappa shape index (κ2) is 10.7. The first kappa shape index (κ1) is 20.9. The van der Waals surface area contributed by atoms with E-state index in [1.165, 1.54) is 64.2 Å². The van der Waals surface area contributed by atoms with Gasteiger partial charge in [-0.2, -0.15) is 0 Å². The topological polar surface area (TPSA) is 26.3 Å². The zero-order chi connectivity index (χ0) is 19.1. The van der Waals surface area contributed by atoms with Crippen LogP contribution in [0.4, 0.5) is 0 Å². The fourth-order valence-corrected chi connectivity index (χ4v) is 6.04. The van der Waals surface area contributed by atoms with E-state index in [2.05, 4.69) is 26.0 Å². The molecular weight excluding hydrogens is 332 g/mol. The van der Waals surface area contributed by atoms with Gasteiger partial charge in [0.05, 0.1) is 5.92 Å². The third-order valence-electron chi connectivity index (χ3n) is 7.80. The Bertz CT molecular complexity index is 467. The minimum absolute atomic E-state index is 0.126. The fraction of sp³-hybridized carbons (Fsp3) is 0.880. The predicted octanol–water partition coefficient (Wildman–Crippen LogP) is 7.08. The lowest BCUT2D eigenvalue weighted by atomic mass is 9.71. The van der Waals surface area contributed by atoms with Crippen molar-refractivity contribution in [2.24, 2.45) is 29.6 Å². The van der Waals surface area contributed by atoms with Gasteiger partial charge in [-0.05, 0) is 88.4 Å². The molecule has 2 aliphatic carbocycles. The van der Waals surface area contributed by atoms with Crippen molar-refractivity contribution in [3.63, 3.8) is 0 Å². The molecule has 0 radical (unpaired) electrons. The quantitative estimate of drug-likeness (QED) is 0.351. The first-order valence-corrected chi connectivity index (χ1v) is 12.0. The van der Waals surface area contributed by atoms with Crippen LogP contribution in [0.25, 0.3) is 0 Å². The Morgan fingerprint density at radius 2 is 1.48 bits per heavy atom. The summed E-state index contributed by atoms with van der Waals surface area (Å²) in [5, 5.41) is 0. The molecule has 3 aliphatic rings. The van der Waals surface area contributed by atoms with Gasteiger partial charge in [-0.25, -0.2) is 0 Å². The summed E-state index contributed by atoms with van der Waals surface area (Å²) >= 11 is 0. The van der Waals surface area contributed by atoms with Crippen LogP contribution in [0.2, 0.25) is 0 Å². The van der Waals surface area contributed by atoms with Crippen LogP contribution >= 0.6 is 0 Å². The van der Waals surface area contributed by atoms with Crippen molar-refractivity contribution in [2.75, 3.05) is 0 Å². The molecule has 3 rings (SSSR count). The summed E-state index contributed by atoms with van der Waals surface area (Å²) < 4.78 is 5.73. The van der Waals surface area contributed by atoms with E-state index in [1.54, 1.807) is 0 Å². The smallest absolute Gasteiger partial charge is 0.309 e. The first-order chi connectivity index (χ1) is 13.2. The number of cyclic esters (lactones) is 1. The highest BCUT2D eigenvalue weighted by Crippen LogP contribution is 2.41. The minimum atomic E-state index is 0.126. The lowest BCUT2D eigenvalue weighted by Gasteiger charge is -2.37. The highest BCUT2D eigenvalue weighted by Gasteiger charge is 2.37. The molecule has 0 aromatic heterocycles. The molecule has 2 unspecified atom stereocenters. The summed E-state index contributed by atoms with van der Waals surface area (Å²) in [4.78, 5) is 12.4. The molecule has 3 fully saturated rings. The maximum absolute atomic E-state index is 12.4. The van der Waals surface area contributed by atoms with E-state index in [9.17, 15) is 4.79 Å². The number of ether oxygens (including phenoxy) is 1.